The van der Waals surface area contributed by atoms with Crippen molar-refractivity contribution in [3.05, 3.63) is 138 Å². The number of aromatic nitrogens is 4. The van der Waals surface area contributed by atoms with Crippen LogP contribution in [0, 0.1) is 24.7 Å². The highest BCUT2D eigenvalue weighted by molar-refractivity contribution is 6.04. The van der Waals surface area contributed by atoms with Crippen LogP contribution < -0.4 is 14.8 Å². The average molecular weight is 836 g/mol. The van der Waals surface area contributed by atoms with Gasteiger partial charge in [0.1, 0.15) is 24.7 Å². The lowest BCUT2D eigenvalue weighted by molar-refractivity contribution is -0.137. The third-order valence-corrected chi connectivity index (χ3v) is 9.52. The van der Waals surface area contributed by atoms with Crippen LogP contribution in [0.4, 0.5) is 18.9 Å². The summed E-state index contributed by atoms with van der Waals surface area (Å²) in [6.07, 6.45) is 6.00. The number of hydrogen-bond donors (Lipinski definition) is 2. The fraction of sp³-hybridized carbons (Fsp3) is 0.184. The maximum absolute atomic E-state index is 13.1. The molecule has 0 unspecified atom stereocenters. The van der Waals surface area contributed by atoms with E-state index in [1.165, 1.54) is 17.7 Å². The summed E-state index contributed by atoms with van der Waals surface area (Å²) in [6.45, 7) is 8.64. The third kappa shape index (κ3) is 10.5. The monoisotopic (exact) mass is 835 g/mol. The van der Waals surface area contributed by atoms with E-state index in [9.17, 15) is 27.9 Å². The average Bonchev–Trinajstić information content (AvgIpc) is 3.26. The van der Waals surface area contributed by atoms with Gasteiger partial charge >= 0.3 is 12.1 Å². The second-order valence-corrected chi connectivity index (χ2v) is 14.5. The molecule has 0 saturated heterocycles. The standard InChI is InChI=1S/C28H22F3N3O2.C21H18N2O3/c1-4-14-36-22-12-13-24-23(16-22)25(19-10-8-18(9-11-19)17(2)3)34-26(33-24)27(35)32-21-7-5-6-20(15-21)28(29,30)31;1-4-11-26-16-9-10-18-17(12-16)19(23-20(22-18)21(24)25)15-7-5-14(6-8-15)13(2)3/h1,5-13,15-17H,14H2,2-3H3,(H,32,35);1,5-10,12-13H,11H2,2-3H3,(H,24,25). The lowest BCUT2D eigenvalue weighted by Crippen LogP contribution is -2.17. The van der Waals surface area contributed by atoms with E-state index in [4.69, 9.17) is 22.3 Å². The Balaban J connectivity index is 0.000000218. The molecule has 0 fully saturated rings. The Morgan fingerprint density at radius 1 is 0.661 bits per heavy atom. The molecule has 0 spiro atoms. The second-order valence-electron chi connectivity index (χ2n) is 14.5. The van der Waals surface area contributed by atoms with E-state index < -0.39 is 23.6 Å². The summed E-state index contributed by atoms with van der Waals surface area (Å²) < 4.78 is 50.2. The molecule has 1 amide bonds. The van der Waals surface area contributed by atoms with Gasteiger partial charge in [-0.2, -0.15) is 13.2 Å². The first-order valence-electron chi connectivity index (χ1n) is 19.3. The first-order valence-corrected chi connectivity index (χ1v) is 19.3. The van der Waals surface area contributed by atoms with Gasteiger partial charge in [-0.25, -0.2) is 24.7 Å². The second kappa shape index (κ2) is 19.1. The molecule has 0 atom stereocenters. The number of ether oxygens (including phenoxy) is 2. The maximum atomic E-state index is 13.1. The van der Waals surface area contributed by atoms with Crippen LogP contribution in [-0.2, 0) is 6.18 Å². The highest BCUT2D eigenvalue weighted by Crippen LogP contribution is 2.33. The van der Waals surface area contributed by atoms with Crippen LogP contribution in [0.15, 0.2) is 109 Å². The first kappa shape index (κ1) is 43.8. The predicted molar refractivity (Wildman–Crippen MR) is 233 cm³/mol. The topological polar surface area (TPSA) is 136 Å². The van der Waals surface area contributed by atoms with Gasteiger partial charge in [-0.1, -0.05) is 94.1 Å². The Bertz CT molecular complexity index is 2850. The minimum absolute atomic E-state index is 0.0145. The van der Waals surface area contributed by atoms with Gasteiger partial charge in [-0.05, 0) is 77.6 Å². The zero-order valence-corrected chi connectivity index (χ0v) is 34.1. The molecule has 2 aromatic heterocycles. The van der Waals surface area contributed by atoms with Crippen molar-refractivity contribution in [3.8, 4) is 58.7 Å². The van der Waals surface area contributed by atoms with Crippen LogP contribution in [0.25, 0.3) is 44.3 Å². The maximum Gasteiger partial charge on any atom is 0.416 e. The van der Waals surface area contributed by atoms with Crippen molar-refractivity contribution in [2.75, 3.05) is 18.5 Å². The molecule has 0 radical (unpaired) electrons. The minimum Gasteiger partial charge on any atom is -0.481 e. The number of fused-ring (bicyclic) bond motifs is 2. The van der Waals surface area contributed by atoms with Crippen LogP contribution in [-0.4, -0.2) is 50.1 Å². The number of nitrogens with one attached hydrogen (secondary N) is 1. The highest BCUT2D eigenvalue weighted by atomic mass is 19.4. The number of alkyl halides is 3. The van der Waals surface area contributed by atoms with Crippen LogP contribution >= 0.6 is 0 Å². The first-order chi connectivity index (χ1) is 29.6. The lowest BCUT2D eigenvalue weighted by Gasteiger charge is -2.13. The number of carbonyl (C=O) groups excluding carboxylic acids is 1. The molecule has 13 heteroatoms. The normalized spacial score (nSPS) is 11.1. The number of terminal acetylenes is 2. The quantitative estimate of drug-likeness (QED) is 0.122. The van der Waals surface area contributed by atoms with Gasteiger partial charge in [0.2, 0.25) is 11.6 Å². The summed E-state index contributed by atoms with van der Waals surface area (Å²) in [5.74, 6) is 4.36. The summed E-state index contributed by atoms with van der Waals surface area (Å²) in [7, 11) is 0. The van der Waals surface area contributed by atoms with E-state index in [0.717, 1.165) is 28.8 Å². The molecular weight excluding hydrogens is 796 g/mol. The smallest absolute Gasteiger partial charge is 0.416 e. The summed E-state index contributed by atoms with van der Waals surface area (Å²) in [4.78, 5) is 41.6. The van der Waals surface area contributed by atoms with Crippen LogP contribution in [0.3, 0.4) is 0 Å². The van der Waals surface area contributed by atoms with E-state index in [2.05, 4.69) is 64.8 Å². The molecule has 5 aromatic carbocycles. The van der Waals surface area contributed by atoms with E-state index >= 15 is 0 Å². The summed E-state index contributed by atoms with van der Waals surface area (Å²) in [5.41, 5.74) is 5.05. The van der Waals surface area contributed by atoms with E-state index in [1.807, 2.05) is 48.5 Å². The molecule has 2 N–H and O–H groups in total. The number of nitrogens with zero attached hydrogens (tertiary/aromatic N) is 4. The summed E-state index contributed by atoms with van der Waals surface area (Å²) in [6, 6.07) is 30.4. The molecule has 0 bridgehead atoms. The SMILES string of the molecule is C#CCOc1ccc2nc(C(=O)Nc3cccc(C(F)(F)F)c3)nc(-c3ccc(C(C)C)cc3)c2c1.C#CCOc1ccc2nc(C(=O)O)nc(-c3ccc(C(C)C)cc3)c2c1. The molecule has 2 heterocycles. The van der Waals surface area contributed by atoms with E-state index in [-0.39, 0.29) is 30.5 Å². The molecule has 7 rings (SSSR count). The third-order valence-electron chi connectivity index (χ3n) is 9.52. The molecule has 312 valence electrons. The molecule has 0 aliphatic heterocycles. The number of benzene rings is 5. The number of rotatable bonds is 11. The molecular formula is C49H40F3N5O5. The number of amides is 1. The molecule has 7 aromatic rings. The number of halogens is 3. The van der Waals surface area contributed by atoms with Crippen LogP contribution in [0.2, 0.25) is 0 Å². The molecule has 0 aliphatic carbocycles. The molecule has 62 heavy (non-hydrogen) atoms. The van der Waals surface area contributed by atoms with Gasteiger partial charge < -0.3 is 19.9 Å². The van der Waals surface area contributed by atoms with Crippen molar-refractivity contribution < 1.29 is 37.3 Å². The van der Waals surface area contributed by atoms with Crippen molar-refractivity contribution >= 4 is 39.4 Å². The largest absolute Gasteiger partial charge is 0.481 e. The van der Waals surface area contributed by atoms with E-state index in [0.29, 0.717) is 56.5 Å². The molecule has 0 saturated carbocycles. The number of carbonyl (C=O) groups is 2. The number of anilines is 1. The molecule has 10 nitrogen and oxygen atoms in total. The number of aromatic carboxylic acids is 1. The predicted octanol–water partition coefficient (Wildman–Crippen LogP) is 10.8. The van der Waals surface area contributed by atoms with Gasteiger partial charge in [0.05, 0.1) is 28.0 Å². The number of carboxylic acid groups (broad SMARTS) is 1. The zero-order valence-electron chi connectivity index (χ0n) is 34.1. The van der Waals surface area contributed by atoms with Crippen molar-refractivity contribution in [2.24, 2.45) is 0 Å². The number of hydrogen-bond acceptors (Lipinski definition) is 8. The van der Waals surface area contributed by atoms with Gasteiger partial charge in [0, 0.05) is 27.6 Å². The van der Waals surface area contributed by atoms with Crippen molar-refractivity contribution in [1.82, 2.24) is 19.9 Å². The van der Waals surface area contributed by atoms with E-state index in [1.54, 1.807) is 36.4 Å². The van der Waals surface area contributed by atoms with Crippen molar-refractivity contribution in [2.45, 2.75) is 45.7 Å². The molecule has 0 aliphatic rings. The fourth-order valence-corrected chi connectivity index (χ4v) is 6.29. The van der Waals surface area contributed by atoms with Gasteiger partial charge in [-0.3, -0.25) is 4.79 Å². The Morgan fingerprint density at radius 3 is 1.56 bits per heavy atom. The Labute approximate surface area is 356 Å². The van der Waals surface area contributed by atoms with Gasteiger partial charge in [0.15, 0.2) is 0 Å². The van der Waals surface area contributed by atoms with Crippen LogP contribution in [0.5, 0.6) is 11.5 Å². The Morgan fingerprint density at radius 2 is 1.13 bits per heavy atom. The van der Waals surface area contributed by atoms with Gasteiger partial charge in [-0.15, -0.1) is 12.8 Å². The van der Waals surface area contributed by atoms with Crippen LogP contribution in [0.1, 0.15) is 77.5 Å². The fourth-order valence-electron chi connectivity index (χ4n) is 6.29. The summed E-state index contributed by atoms with van der Waals surface area (Å²) >= 11 is 0. The Kier molecular flexibility index (Phi) is 13.5. The van der Waals surface area contributed by atoms with Gasteiger partial charge in [0.25, 0.3) is 5.91 Å². The zero-order chi connectivity index (χ0) is 44.6. The summed E-state index contributed by atoms with van der Waals surface area (Å²) in [5, 5.41) is 13.1. The highest BCUT2D eigenvalue weighted by Gasteiger charge is 2.30. The van der Waals surface area contributed by atoms with Crippen molar-refractivity contribution in [1.29, 1.82) is 0 Å². The Hall–Kier alpha value is -7.77. The van der Waals surface area contributed by atoms with Crippen molar-refractivity contribution in [3.63, 3.8) is 0 Å². The number of carboxylic acids is 1. The minimum atomic E-state index is -4.53. The lowest BCUT2D eigenvalue weighted by atomic mass is 9.99.